The summed E-state index contributed by atoms with van der Waals surface area (Å²) in [5, 5.41) is 10.7. The molecular weight excluding hydrogens is 394 g/mol. The first kappa shape index (κ1) is 27.6. The van der Waals surface area contributed by atoms with E-state index in [2.05, 4.69) is 6.92 Å². The fourth-order valence-corrected chi connectivity index (χ4v) is 4.27. The summed E-state index contributed by atoms with van der Waals surface area (Å²) in [5.74, 6) is 0.0233. The Balaban J connectivity index is 2.41. The first-order valence-corrected chi connectivity index (χ1v) is 12.5. The van der Waals surface area contributed by atoms with Crippen molar-refractivity contribution in [1.29, 1.82) is 0 Å². The molecule has 31 heavy (non-hydrogen) atoms. The van der Waals surface area contributed by atoms with Crippen LogP contribution >= 0.6 is 0 Å². The van der Waals surface area contributed by atoms with Crippen LogP contribution in [0.25, 0.3) is 0 Å². The van der Waals surface area contributed by atoms with Gasteiger partial charge in [0.2, 0.25) is 5.91 Å². The molecule has 0 bridgehead atoms. The van der Waals surface area contributed by atoms with Gasteiger partial charge in [-0.3, -0.25) is 14.4 Å². The number of hydrogen-bond donors (Lipinski definition) is 1. The van der Waals surface area contributed by atoms with E-state index in [1.807, 2.05) is 6.92 Å². The van der Waals surface area contributed by atoms with Crippen molar-refractivity contribution in [2.75, 3.05) is 13.2 Å². The number of aliphatic hydroxyl groups is 1. The van der Waals surface area contributed by atoms with Crippen molar-refractivity contribution in [3.05, 3.63) is 0 Å². The Morgan fingerprint density at radius 3 is 2.39 bits per heavy atom. The maximum atomic E-state index is 12.5. The molecule has 0 saturated carbocycles. The van der Waals surface area contributed by atoms with Crippen LogP contribution < -0.4 is 0 Å². The largest absolute Gasteiger partial charge is 0.466 e. The van der Waals surface area contributed by atoms with E-state index in [-0.39, 0.29) is 30.1 Å². The zero-order valence-corrected chi connectivity index (χ0v) is 20.1. The second kappa shape index (κ2) is 15.4. The minimum Gasteiger partial charge on any atom is -0.466 e. The topological polar surface area (TPSA) is 83.9 Å². The number of amides is 1. The number of carbonyl (C=O) groups is 3. The summed E-state index contributed by atoms with van der Waals surface area (Å²) in [6.45, 7) is 6.70. The molecule has 1 amide bonds. The van der Waals surface area contributed by atoms with Crippen LogP contribution in [-0.4, -0.2) is 52.5 Å². The SMILES string of the molecule is CCCCCCCC(C)(O)CCN1C(=O)CCC(=O)C1CCCCCCC(=O)OCC. The number of esters is 1. The lowest BCUT2D eigenvalue weighted by atomic mass is 9.91. The highest BCUT2D eigenvalue weighted by Gasteiger charge is 2.35. The van der Waals surface area contributed by atoms with Crippen molar-refractivity contribution in [2.45, 2.75) is 129 Å². The van der Waals surface area contributed by atoms with E-state index in [1.165, 1.54) is 19.3 Å². The number of Topliss-reactive ketones (excluding diaryl/α,β-unsaturated/α-hetero) is 1. The molecule has 180 valence electrons. The summed E-state index contributed by atoms with van der Waals surface area (Å²) in [4.78, 5) is 38.1. The van der Waals surface area contributed by atoms with Gasteiger partial charge in [0.15, 0.2) is 5.78 Å². The molecule has 1 aliphatic rings. The minimum absolute atomic E-state index is 0.0330. The van der Waals surface area contributed by atoms with E-state index in [0.29, 0.717) is 38.8 Å². The number of carbonyl (C=O) groups excluding carboxylic acids is 3. The van der Waals surface area contributed by atoms with Gasteiger partial charge in [-0.25, -0.2) is 0 Å². The molecule has 1 saturated heterocycles. The van der Waals surface area contributed by atoms with Crippen LogP contribution in [0.1, 0.15) is 117 Å². The van der Waals surface area contributed by atoms with Gasteiger partial charge in [-0.05, 0) is 39.5 Å². The van der Waals surface area contributed by atoms with E-state index in [0.717, 1.165) is 44.9 Å². The molecule has 0 radical (unpaired) electrons. The van der Waals surface area contributed by atoms with Crippen molar-refractivity contribution < 1.29 is 24.2 Å². The third kappa shape index (κ3) is 11.7. The van der Waals surface area contributed by atoms with Gasteiger partial charge < -0.3 is 14.7 Å². The smallest absolute Gasteiger partial charge is 0.305 e. The predicted molar refractivity (Wildman–Crippen MR) is 123 cm³/mol. The number of hydrogen-bond acceptors (Lipinski definition) is 5. The summed E-state index contributed by atoms with van der Waals surface area (Å²) in [5.41, 5.74) is -0.801. The van der Waals surface area contributed by atoms with Crippen LogP contribution in [0.15, 0.2) is 0 Å². The molecule has 1 heterocycles. The van der Waals surface area contributed by atoms with Crippen LogP contribution in [0.2, 0.25) is 0 Å². The molecule has 0 aromatic carbocycles. The van der Waals surface area contributed by atoms with Gasteiger partial charge in [-0.1, -0.05) is 58.3 Å². The van der Waals surface area contributed by atoms with Gasteiger partial charge in [0.1, 0.15) is 0 Å². The highest BCUT2D eigenvalue weighted by molar-refractivity contribution is 5.95. The number of unbranched alkanes of at least 4 members (excludes halogenated alkanes) is 7. The standard InChI is InChI=1S/C25H45NO5/c1-4-6-7-10-13-18-25(3,30)19-20-26-21(22(27)16-17-23(26)28)14-11-8-9-12-15-24(29)31-5-2/h21,30H,4-20H2,1-3H3. The quantitative estimate of drug-likeness (QED) is 0.256. The zero-order valence-electron chi connectivity index (χ0n) is 20.1. The fourth-order valence-electron chi connectivity index (χ4n) is 4.27. The Morgan fingerprint density at radius 2 is 1.68 bits per heavy atom. The second-order valence-corrected chi connectivity index (χ2v) is 9.24. The highest BCUT2D eigenvalue weighted by Crippen LogP contribution is 2.25. The molecule has 0 aliphatic carbocycles. The lowest BCUT2D eigenvalue weighted by Gasteiger charge is -2.36. The van der Waals surface area contributed by atoms with E-state index in [1.54, 1.807) is 11.8 Å². The Kier molecular flexibility index (Phi) is 13.7. The van der Waals surface area contributed by atoms with Crippen LogP contribution in [0.4, 0.5) is 0 Å². The molecule has 1 aliphatic heterocycles. The molecule has 0 spiro atoms. The minimum atomic E-state index is -0.801. The van der Waals surface area contributed by atoms with Crippen LogP contribution in [0.3, 0.4) is 0 Å². The van der Waals surface area contributed by atoms with Crippen molar-refractivity contribution in [1.82, 2.24) is 4.90 Å². The van der Waals surface area contributed by atoms with Crippen LogP contribution in [-0.2, 0) is 19.1 Å². The van der Waals surface area contributed by atoms with Crippen molar-refractivity contribution in [2.24, 2.45) is 0 Å². The number of rotatable bonds is 17. The Morgan fingerprint density at radius 1 is 1.00 bits per heavy atom. The van der Waals surface area contributed by atoms with Gasteiger partial charge in [0.25, 0.3) is 0 Å². The molecule has 1 N–H and O–H groups in total. The predicted octanol–water partition coefficient (Wildman–Crippen LogP) is 4.95. The van der Waals surface area contributed by atoms with Crippen LogP contribution in [0, 0.1) is 0 Å². The molecule has 2 unspecified atom stereocenters. The van der Waals surface area contributed by atoms with E-state index in [4.69, 9.17) is 4.74 Å². The van der Waals surface area contributed by atoms with Gasteiger partial charge in [0, 0.05) is 25.8 Å². The number of nitrogens with zero attached hydrogens (tertiary/aromatic N) is 1. The number of ketones is 1. The van der Waals surface area contributed by atoms with E-state index < -0.39 is 5.60 Å². The first-order valence-electron chi connectivity index (χ1n) is 12.5. The molecule has 1 rings (SSSR count). The van der Waals surface area contributed by atoms with Crippen molar-refractivity contribution in [3.8, 4) is 0 Å². The average Bonchev–Trinajstić information content (AvgIpc) is 2.72. The van der Waals surface area contributed by atoms with Crippen molar-refractivity contribution in [3.63, 3.8) is 0 Å². The summed E-state index contributed by atoms with van der Waals surface area (Å²) >= 11 is 0. The van der Waals surface area contributed by atoms with Gasteiger partial charge >= 0.3 is 5.97 Å². The molecule has 6 heteroatoms. The molecule has 0 aromatic rings. The number of ether oxygens (including phenoxy) is 1. The average molecular weight is 440 g/mol. The van der Waals surface area contributed by atoms with Gasteiger partial charge in [-0.15, -0.1) is 0 Å². The normalized spacial score (nSPS) is 18.8. The lowest BCUT2D eigenvalue weighted by molar-refractivity contribution is -0.146. The molecule has 0 aromatic heterocycles. The third-order valence-corrected chi connectivity index (χ3v) is 6.28. The number of piperidine rings is 1. The van der Waals surface area contributed by atoms with Gasteiger partial charge in [-0.2, -0.15) is 0 Å². The second-order valence-electron chi connectivity index (χ2n) is 9.24. The summed E-state index contributed by atoms with van der Waals surface area (Å²) in [6.07, 6.45) is 12.2. The highest BCUT2D eigenvalue weighted by atomic mass is 16.5. The molecule has 1 fully saturated rings. The molecule has 6 nitrogen and oxygen atoms in total. The molecular formula is C25H45NO5. The molecule has 2 atom stereocenters. The fraction of sp³-hybridized carbons (Fsp3) is 0.880. The maximum absolute atomic E-state index is 12.5. The maximum Gasteiger partial charge on any atom is 0.305 e. The van der Waals surface area contributed by atoms with E-state index >= 15 is 0 Å². The first-order chi connectivity index (χ1) is 14.8. The zero-order chi connectivity index (χ0) is 23.1. The monoisotopic (exact) mass is 439 g/mol. The summed E-state index contributed by atoms with van der Waals surface area (Å²) < 4.78 is 4.93. The lowest BCUT2D eigenvalue weighted by Crippen LogP contribution is -2.50. The summed E-state index contributed by atoms with van der Waals surface area (Å²) in [7, 11) is 0. The Labute approximate surface area is 189 Å². The summed E-state index contributed by atoms with van der Waals surface area (Å²) in [6, 6.07) is -0.355. The third-order valence-electron chi connectivity index (χ3n) is 6.28. The Bertz CT molecular complexity index is 546. The van der Waals surface area contributed by atoms with Gasteiger partial charge in [0.05, 0.1) is 18.2 Å². The Hall–Kier alpha value is -1.43. The van der Waals surface area contributed by atoms with Crippen molar-refractivity contribution >= 4 is 17.7 Å². The van der Waals surface area contributed by atoms with E-state index in [9.17, 15) is 19.5 Å². The number of likely N-dealkylation sites (tertiary alicyclic amines) is 1. The van der Waals surface area contributed by atoms with Crippen LogP contribution in [0.5, 0.6) is 0 Å².